The molecule has 0 aromatic carbocycles. The number of aromatic amines is 1. The maximum Gasteiger partial charge on any atom is 0.404 e. The fraction of sp³-hybridized carbons (Fsp3) is 0.667. The molecule has 0 saturated carbocycles. The van der Waals surface area contributed by atoms with Crippen LogP contribution >= 0.6 is 0 Å². The maximum absolute atomic E-state index is 12.3. The summed E-state index contributed by atoms with van der Waals surface area (Å²) in [6.07, 6.45) is -4.63. The number of halogens is 3. The first-order valence-electron chi connectivity index (χ1n) is 5.70. The summed E-state index contributed by atoms with van der Waals surface area (Å²) in [7, 11) is -4.53. The van der Waals surface area contributed by atoms with E-state index in [-0.39, 0.29) is 18.7 Å². The number of H-pyrrole nitrogens is 1. The van der Waals surface area contributed by atoms with E-state index in [1.54, 1.807) is 0 Å². The smallest absolute Gasteiger partial charge is 0.404 e. The predicted molar refractivity (Wildman–Crippen MR) is 59.7 cm³/mol. The number of nitrogens with zero attached hydrogens (tertiary/aromatic N) is 2. The fourth-order valence-corrected chi connectivity index (χ4v) is 4.50. The van der Waals surface area contributed by atoms with E-state index in [2.05, 4.69) is 4.98 Å². The molecule has 0 amide bonds. The van der Waals surface area contributed by atoms with Gasteiger partial charge in [-0.2, -0.15) is 17.5 Å². The van der Waals surface area contributed by atoms with Crippen LogP contribution in [0.2, 0.25) is 0 Å². The van der Waals surface area contributed by atoms with E-state index < -0.39 is 45.6 Å². The second kappa shape index (κ2) is 3.79. The third-order valence-corrected chi connectivity index (χ3v) is 5.37. The molecule has 20 heavy (non-hydrogen) atoms. The molecule has 1 saturated heterocycles. The van der Waals surface area contributed by atoms with Gasteiger partial charge in [0.1, 0.15) is 5.69 Å². The fourth-order valence-electron chi connectivity index (χ4n) is 2.95. The molecule has 11 heteroatoms. The van der Waals surface area contributed by atoms with Gasteiger partial charge in [-0.1, -0.05) is 0 Å². The lowest BCUT2D eigenvalue weighted by Gasteiger charge is -2.27. The van der Waals surface area contributed by atoms with Crippen molar-refractivity contribution in [3.05, 3.63) is 16.2 Å². The number of imidazole rings is 1. The number of hydrogen-bond donors (Lipinski definition) is 2. The van der Waals surface area contributed by atoms with Crippen LogP contribution in [0.4, 0.5) is 13.2 Å². The summed E-state index contributed by atoms with van der Waals surface area (Å²) in [5, 5.41) is 9.57. The zero-order valence-electron chi connectivity index (χ0n) is 9.88. The lowest BCUT2D eigenvalue weighted by atomic mass is 10.2. The number of fused-ring (bicyclic) bond motifs is 5. The molecule has 2 aliphatic rings. The van der Waals surface area contributed by atoms with Gasteiger partial charge in [0.05, 0.1) is 12.1 Å². The molecule has 1 fully saturated rings. The Bertz CT molecular complexity index is 720. The lowest BCUT2D eigenvalue weighted by Crippen LogP contribution is -2.41. The molecule has 2 aliphatic heterocycles. The minimum Gasteiger partial charge on any atom is -0.493 e. The SMILES string of the molecule is O=c1[nH]c(O)c2n1C1CC2N(S(=O)(=O)CC(F)(F)F)C1. The highest BCUT2D eigenvalue weighted by Gasteiger charge is 2.52. The average Bonchev–Trinajstić information content (AvgIpc) is 2.87. The summed E-state index contributed by atoms with van der Waals surface area (Å²) in [5.74, 6) is -2.44. The molecule has 2 bridgehead atoms. The zero-order chi connectivity index (χ0) is 14.9. The zero-order valence-corrected chi connectivity index (χ0v) is 10.7. The van der Waals surface area contributed by atoms with Gasteiger partial charge < -0.3 is 5.11 Å². The molecular formula is C9H10F3N3O4S. The Labute approximate surface area is 110 Å². The van der Waals surface area contributed by atoms with Crippen LogP contribution in [-0.4, -0.2) is 45.9 Å². The van der Waals surface area contributed by atoms with Crippen molar-refractivity contribution in [3.8, 4) is 5.88 Å². The van der Waals surface area contributed by atoms with Gasteiger partial charge in [-0.05, 0) is 6.42 Å². The maximum atomic E-state index is 12.3. The molecule has 0 radical (unpaired) electrons. The first-order chi connectivity index (χ1) is 9.10. The molecule has 2 atom stereocenters. The normalized spacial score (nSPS) is 26.1. The van der Waals surface area contributed by atoms with E-state index in [1.807, 2.05) is 0 Å². The molecule has 7 nitrogen and oxygen atoms in total. The second-order valence-electron chi connectivity index (χ2n) is 4.88. The van der Waals surface area contributed by atoms with E-state index in [0.717, 1.165) is 0 Å². The number of alkyl halides is 3. The van der Waals surface area contributed by atoms with Crippen molar-refractivity contribution in [1.82, 2.24) is 13.9 Å². The van der Waals surface area contributed by atoms with E-state index >= 15 is 0 Å². The molecule has 0 aliphatic carbocycles. The largest absolute Gasteiger partial charge is 0.493 e. The van der Waals surface area contributed by atoms with Crippen LogP contribution in [0.5, 0.6) is 5.88 Å². The minimum atomic E-state index is -4.83. The Morgan fingerprint density at radius 3 is 2.65 bits per heavy atom. The summed E-state index contributed by atoms with van der Waals surface area (Å²) in [6, 6.07) is -1.46. The Morgan fingerprint density at radius 2 is 2.05 bits per heavy atom. The number of rotatable bonds is 2. The van der Waals surface area contributed by atoms with Crippen LogP contribution in [0, 0.1) is 0 Å². The Morgan fingerprint density at radius 1 is 1.40 bits per heavy atom. The van der Waals surface area contributed by atoms with Crippen molar-refractivity contribution >= 4 is 10.0 Å². The first kappa shape index (κ1) is 13.5. The van der Waals surface area contributed by atoms with Crippen molar-refractivity contribution in [2.24, 2.45) is 0 Å². The molecule has 0 spiro atoms. The van der Waals surface area contributed by atoms with Crippen LogP contribution in [0.15, 0.2) is 4.79 Å². The number of aromatic nitrogens is 2. The van der Waals surface area contributed by atoms with Crippen LogP contribution in [0.3, 0.4) is 0 Å². The molecule has 3 heterocycles. The molecule has 1 aromatic rings. The van der Waals surface area contributed by atoms with Crippen molar-refractivity contribution in [1.29, 1.82) is 0 Å². The third kappa shape index (κ3) is 1.84. The van der Waals surface area contributed by atoms with Gasteiger partial charge in [0.25, 0.3) is 0 Å². The average molecular weight is 313 g/mol. The topological polar surface area (TPSA) is 95.4 Å². The van der Waals surface area contributed by atoms with Crippen LogP contribution in [-0.2, 0) is 10.0 Å². The Kier molecular flexibility index (Phi) is 2.55. The summed E-state index contributed by atoms with van der Waals surface area (Å²) in [6.45, 7) is -0.187. The summed E-state index contributed by atoms with van der Waals surface area (Å²) >= 11 is 0. The van der Waals surface area contributed by atoms with E-state index in [9.17, 15) is 31.5 Å². The standard InChI is InChI=1S/C9H10F3N3O4S/c10-9(11,12)3-20(18,19)14-2-4-1-5(14)6-7(16)13-8(17)15(4)6/h4-5,16H,1-3H2,(H,13,17). The number of sulfonamides is 1. The summed E-state index contributed by atoms with van der Waals surface area (Å²) in [5.41, 5.74) is -0.546. The minimum absolute atomic E-state index is 0.0389. The quantitative estimate of drug-likeness (QED) is 0.808. The van der Waals surface area contributed by atoms with Crippen molar-refractivity contribution < 1.29 is 26.7 Å². The van der Waals surface area contributed by atoms with Gasteiger partial charge in [-0.25, -0.2) is 13.2 Å². The predicted octanol–water partition coefficient (Wildman–Crippen LogP) is 0.0756. The highest BCUT2D eigenvalue weighted by molar-refractivity contribution is 7.89. The van der Waals surface area contributed by atoms with Gasteiger partial charge >= 0.3 is 11.9 Å². The van der Waals surface area contributed by atoms with Crippen LogP contribution < -0.4 is 5.69 Å². The molecule has 112 valence electrons. The van der Waals surface area contributed by atoms with Gasteiger partial charge in [-0.3, -0.25) is 9.55 Å². The van der Waals surface area contributed by atoms with E-state index in [4.69, 9.17) is 0 Å². The Balaban J connectivity index is 1.98. The van der Waals surface area contributed by atoms with Gasteiger partial charge in [0.15, 0.2) is 5.75 Å². The summed E-state index contributed by atoms with van der Waals surface area (Å²) < 4.78 is 62.4. The number of hydrogen-bond acceptors (Lipinski definition) is 4. The third-order valence-electron chi connectivity index (χ3n) is 3.56. The molecule has 2 N–H and O–H groups in total. The number of nitrogens with one attached hydrogen (secondary N) is 1. The monoisotopic (exact) mass is 313 g/mol. The highest BCUT2D eigenvalue weighted by Crippen LogP contribution is 2.49. The first-order valence-corrected chi connectivity index (χ1v) is 7.31. The lowest BCUT2D eigenvalue weighted by molar-refractivity contribution is -0.107. The molecular weight excluding hydrogens is 303 g/mol. The summed E-state index contributed by atoms with van der Waals surface area (Å²) in [4.78, 5) is 13.6. The van der Waals surface area contributed by atoms with Gasteiger partial charge in [-0.15, -0.1) is 0 Å². The van der Waals surface area contributed by atoms with Crippen molar-refractivity contribution in [2.75, 3.05) is 12.3 Å². The number of aromatic hydroxyl groups is 1. The second-order valence-corrected chi connectivity index (χ2v) is 6.80. The van der Waals surface area contributed by atoms with E-state index in [1.165, 1.54) is 4.57 Å². The molecule has 2 unspecified atom stereocenters. The van der Waals surface area contributed by atoms with Crippen LogP contribution in [0.1, 0.15) is 24.2 Å². The van der Waals surface area contributed by atoms with E-state index in [0.29, 0.717) is 4.31 Å². The van der Waals surface area contributed by atoms with Gasteiger partial charge in [0, 0.05) is 6.54 Å². The van der Waals surface area contributed by atoms with Crippen molar-refractivity contribution in [3.63, 3.8) is 0 Å². The van der Waals surface area contributed by atoms with Gasteiger partial charge in [0.2, 0.25) is 15.9 Å². The van der Waals surface area contributed by atoms with Crippen molar-refractivity contribution in [2.45, 2.75) is 24.7 Å². The highest BCUT2D eigenvalue weighted by atomic mass is 32.2. The molecule has 3 rings (SSSR count). The van der Waals surface area contributed by atoms with Crippen LogP contribution in [0.25, 0.3) is 0 Å². The molecule has 1 aromatic heterocycles. The Hall–Kier alpha value is -1.49.